The Bertz CT molecular complexity index is 471. The van der Waals surface area contributed by atoms with E-state index in [0.29, 0.717) is 0 Å². The highest BCUT2D eigenvalue weighted by Gasteiger charge is 2.15. The van der Waals surface area contributed by atoms with Crippen molar-refractivity contribution in [1.29, 1.82) is 0 Å². The van der Waals surface area contributed by atoms with Crippen LogP contribution in [-0.4, -0.2) is 26.4 Å². The fourth-order valence-electron chi connectivity index (χ4n) is 1.96. The fourth-order valence-corrected chi connectivity index (χ4v) is 1.96. The molecule has 0 aliphatic carbocycles. The molecule has 0 amide bonds. The average Bonchev–Trinajstić information content (AvgIpc) is 2.95. The first-order valence-electron chi connectivity index (χ1n) is 5.90. The molecule has 2 aromatic heterocycles. The standard InChI is InChI=1S/C12H19N5/c1-4-17-9-10(8-15-17)7-11(13-2)12-14-5-6-16(12)3/h5-6,8-9,11,13H,4,7H2,1-3H3. The summed E-state index contributed by atoms with van der Waals surface area (Å²) in [6.45, 7) is 3.00. The van der Waals surface area contributed by atoms with E-state index < -0.39 is 0 Å². The molecular weight excluding hydrogens is 214 g/mol. The summed E-state index contributed by atoms with van der Waals surface area (Å²) in [5, 5.41) is 7.59. The lowest BCUT2D eigenvalue weighted by molar-refractivity contribution is 0.538. The first-order chi connectivity index (χ1) is 8.24. The van der Waals surface area contributed by atoms with E-state index in [-0.39, 0.29) is 6.04 Å². The second-order valence-corrected chi connectivity index (χ2v) is 4.15. The van der Waals surface area contributed by atoms with Gasteiger partial charge in [0.1, 0.15) is 5.82 Å². The number of nitrogens with one attached hydrogen (secondary N) is 1. The Morgan fingerprint density at radius 1 is 1.47 bits per heavy atom. The van der Waals surface area contributed by atoms with Gasteiger partial charge in [0.15, 0.2) is 0 Å². The second kappa shape index (κ2) is 5.14. The summed E-state index contributed by atoms with van der Waals surface area (Å²) < 4.78 is 3.99. The molecule has 17 heavy (non-hydrogen) atoms. The molecule has 5 nitrogen and oxygen atoms in total. The third-order valence-electron chi connectivity index (χ3n) is 2.97. The van der Waals surface area contributed by atoms with E-state index in [1.54, 1.807) is 0 Å². The molecule has 0 bridgehead atoms. The lowest BCUT2D eigenvalue weighted by Gasteiger charge is -2.14. The van der Waals surface area contributed by atoms with Gasteiger partial charge in [0, 0.05) is 32.2 Å². The summed E-state index contributed by atoms with van der Waals surface area (Å²) in [5.41, 5.74) is 1.23. The van der Waals surface area contributed by atoms with Crippen LogP contribution in [0.5, 0.6) is 0 Å². The van der Waals surface area contributed by atoms with Crippen LogP contribution in [0.1, 0.15) is 24.4 Å². The molecule has 5 heteroatoms. The van der Waals surface area contributed by atoms with Gasteiger partial charge in [0.25, 0.3) is 0 Å². The van der Waals surface area contributed by atoms with Crippen LogP contribution < -0.4 is 5.32 Å². The number of likely N-dealkylation sites (N-methyl/N-ethyl adjacent to an activating group) is 1. The van der Waals surface area contributed by atoms with Crippen molar-refractivity contribution in [3.8, 4) is 0 Å². The molecule has 2 heterocycles. The Balaban J connectivity index is 2.12. The van der Waals surface area contributed by atoms with Gasteiger partial charge >= 0.3 is 0 Å². The van der Waals surface area contributed by atoms with E-state index in [0.717, 1.165) is 18.8 Å². The minimum atomic E-state index is 0.226. The largest absolute Gasteiger partial charge is 0.337 e. The van der Waals surface area contributed by atoms with Crippen molar-refractivity contribution in [3.63, 3.8) is 0 Å². The Morgan fingerprint density at radius 3 is 2.82 bits per heavy atom. The highest BCUT2D eigenvalue weighted by atomic mass is 15.3. The minimum Gasteiger partial charge on any atom is -0.337 e. The van der Waals surface area contributed by atoms with Crippen molar-refractivity contribution in [2.45, 2.75) is 25.9 Å². The van der Waals surface area contributed by atoms with Crippen LogP contribution in [-0.2, 0) is 20.0 Å². The van der Waals surface area contributed by atoms with Gasteiger partial charge in [-0.2, -0.15) is 5.10 Å². The van der Waals surface area contributed by atoms with Gasteiger partial charge in [-0.05, 0) is 26.0 Å². The normalized spacial score (nSPS) is 12.9. The van der Waals surface area contributed by atoms with Gasteiger partial charge in [-0.1, -0.05) is 0 Å². The summed E-state index contributed by atoms with van der Waals surface area (Å²) in [7, 11) is 3.98. The highest BCUT2D eigenvalue weighted by molar-refractivity contribution is 5.10. The first kappa shape index (κ1) is 11.9. The average molecular weight is 233 g/mol. The van der Waals surface area contributed by atoms with Gasteiger partial charge in [0.05, 0.1) is 12.2 Å². The molecule has 0 aromatic carbocycles. The molecule has 0 saturated carbocycles. The number of aryl methyl sites for hydroxylation is 2. The van der Waals surface area contributed by atoms with E-state index in [4.69, 9.17) is 0 Å². The predicted octanol–water partition coefficient (Wildman–Crippen LogP) is 1.14. The van der Waals surface area contributed by atoms with Gasteiger partial charge < -0.3 is 9.88 Å². The maximum absolute atomic E-state index is 4.38. The van der Waals surface area contributed by atoms with E-state index in [1.165, 1.54) is 5.56 Å². The van der Waals surface area contributed by atoms with Gasteiger partial charge in [0.2, 0.25) is 0 Å². The van der Waals surface area contributed by atoms with Crippen LogP contribution in [0.4, 0.5) is 0 Å². The van der Waals surface area contributed by atoms with Crippen molar-refractivity contribution >= 4 is 0 Å². The molecular formula is C12H19N5. The molecule has 0 aliphatic rings. The van der Waals surface area contributed by atoms with E-state index >= 15 is 0 Å². The molecule has 0 fully saturated rings. The SMILES string of the molecule is CCn1cc(CC(NC)c2nccn2C)cn1. The van der Waals surface area contributed by atoms with Gasteiger partial charge in [-0.3, -0.25) is 4.68 Å². The van der Waals surface area contributed by atoms with Crippen molar-refractivity contribution < 1.29 is 0 Å². The van der Waals surface area contributed by atoms with Crippen LogP contribution in [0.2, 0.25) is 0 Å². The molecule has 1 atom stereocenters. The molecule has 2 aromatic rings. The van der Waals surface area contributed by atoms with E-state index in [9.17, 15) is 0 Å². The third kappa shape index (κ3) is 2.55. The van der Waals surface area contributed by atoms with Crippen molar-refractivity contribution in [3.05, 3.63) is 36.2 Å². The summed E-state index contributed by atoms with van der Waals surface area (Å²) in [6, 6.07) is 0.226. The summed E-state index contributed by atoms with van der Waals surface area (Å²) >= 11 is 0. The maximum atomic E-state index is 4.38. The number of aromatic nitrogens is 4. The molecule has 0 saturated heterocycles. The first-order valence-corrected chi connectivity index (χ1v) is 5.90. The minimum absolute atomic E-state index is 0.226. The van der Waals surface area contributed by atoms with Crippen LogP contribution in [0.15, 0.2) is 24.8 Å². The Hall–Kier alpha value is -1.62. The molecule has 0 spiro atoms. The van der Waals surface area contributed by atoms with Crippen molar-refractivity contribution in [2.24, 2.45) is 7.05 Å². The molecule has 1 unspecified atom stereocenters. The highest BCUT2D eigenvalue weighted by Crippen LogP contribution is 2.15. The van der Waals surface area contributed by atoms with Gasteiger partial charge in [-0.15, -0.1) is 0 Å². The smallest absolute Gasteiger partial charge is 0.125 e. The summed E-state index contributed by atoms with van der Waals surface area (Å²) in [4.78, 5) is 4.38. The van der Waals surface area contributed by atoms with Crippen LogP contribution in [0, 0.1) is 0 Å². The van der Waals surface area contributed by atoms with Gasteiger partial charge in [-0.25, -0.2) is 4.98 Å². The van der Waals surface area contributed by atoms with Crippen LogP contribution in [0.3, 0.4) is 0 Å². The van der Waals surface area contributed by atoms with E-state index in [2.05, 4.69) is 28.5 Å². The molecule has 1 N–H and O–H groups in total. The summed E-state index contributed by atoms with van der Waals surface area (Å²) in [6.07, 6.45) is 8.72. The predicted molar refractivity (Wildman–Crippen MR) is 66.6 cm³/mol. The topological polar surface area (TPSA) is 47.7 Å². The molecule has 0 radical (unpaired) electrons. The summed E-state index contributed by atoms with van der Waals surface area (Å²) in [5.74, 6) is 1.05. The monoisotopic (exact) mass is 233 g/mol. The van der Waals surface area contributed by atoms with Crippen LogP contribution >= 0.6 is 0 Å². The maximum Gasteiger partial charge on any atom is 0.125 e. The fraction of sp³-hybridized carbons (Fsp3) is 0.500. The quantitative estimate of drug-likeness (QED) is 0.842. The lowest BCUT2D eigenvalue weighted by atomic mass is 10.1. The third-order valence-corrected chi connectivity index (χ3v) is 2.97. The second-order valence-electron chi connectivity index (χ2n) is 4.15. The number of hydrogen-bond acceptors (Lipinski definition) is 3. The zero-order chi connectivity index (χ0) is 12.3. The number of nitrogens with zero attached hydrogens (tertiary/aromatic N) is 4. The number of rotatable bonds is 5. The molecule has 92 valence electrons. The van der Waals surface area contributed by atoms with Crippen molar-refractivity contribution in [2.75, 3.05) is 7.05 Å². The van der Waals surface area contributed by atoms with Crippen molar-refractivity contribution in [1.82, 2.24) is 24.6 Å². The van der Waals surface area contributed by atoms with Crippen LogP contribution in [0.25, 0.3) is 0 Å². The molecule has 0 aliphatic heterocycles. The Labute approximate surface area is 101 Å². The number of hydrogen-bond donors (Lipinski definition) is 1. The zero-order valence-electron chi connectivity index (χ0n) is 10.6. The van der Waals surface area contributed by atoms with E-state index in [1.807, 2.05) is 41.9 Å². The lowest BCUT2D eigenvalue weighted by Crippen LogP contribution is -2.22. The number of imidazole rings is 1. The molecule has 2 rings (SSSR count). The Kier molecular flexibility index (Phi) is 3.58. The Morgan fingerprint density at radius 2 is 2.29 bits per heavy atom. The zero-order valence-corrected chi connectivity index (χ0v) is 10.6.